The summed E-state index contributed by atoms with van der Waals surface area (Å²) in [6.45, 7) is -7.49. The highest BCUT2D eigenvalue weighted by Gasteiger charge is 2.36. The van der Waals surface area contributed by atoms with E-state index in [2.05, 4.69) is 0 Å². The Kier molecular flexibility index (Phi) is 3.30. The minimum Gasteiger partial charge on any atom is -0.455 e. The normalized spacial score (nSPS) is 19.8. The van der Waals surface area contributed by atoms with Gasteiger partial charge in [0.1, 0.15) is 11.5 Å². The van der Waals surface area contributed by atoms with Gasteiger partial charge in [0.05, 0.1) is 27.6 Å². The van der Waals surface area contributed by atoms with Gasteiger partial charge in [0.25, 0.3) is 0 Å². The van der Waals surface area contributed by atoms with E-state index in [-0.39, 0.29) is 11.1 Å². The first-order valence-corrected chi connectivity index (χ1v) is 15.9. The molecule has 2 nitrogen and oxygen atoms in total. The van der Waals surface area contributed by atoms with Crippen molar-refractivity contribution < 1.29 is 34.9 Å². The van der Waals surface area contributed by atoms with Crippen molar-refractivity contribution in [2.45, 2.75) is 19.1 Å². The molecule has 2 aliphatic rings. The van der Waals surface area contributed by atoms with Gasteiger partial charge in [-0.05, 0) is 80.8 Å². The van der Waals surface area contributed by atoms with Crippen LogP contribution >= 0.6 is 0 Å². The SMILES string of the molecule is [2H]c1c([2H])c([2H])c(-c2c([2H])c([2H])c(N(c3c([2H])c([2H])c4c(c3[2H])-c3c([2H])c([2H])c([2H])c([2H])c3C4(C([2H])([2H])[2H])C([2H])([2H])[2H])c3cc4c(c5ccccc35)Oc3ccccc3-c3ccccc3-4)c([2H])c2[2H])c([2H])c1[2H]. The largest absolute Gasteiger partial charge is 0.455 e. The Bertz CT molecular complexity index is 3720. The summed E-state index contributed by atoms with van der Waals surface area (Å²) in [7, 11) is 0. The standard InChI is InChI=1S/C49H35NO/c1-49(2)44-22-12-10-18-38(44)42-30-35(28-29-45(42)49)50(34-26-24-33(25-27-34)32-14-4-3-5-15-32)46-31-43-37-17-7-6-16-36(37)40-20-11-13-23-47(40)51-48(43)41-21-9-8-19-39(41)46/h3-31H,1-2H3/i1D3,2D3,3D,4D,5D,10D,12D,14D,15D,18D,22D,24D,25D,26D,27D,28D,29D,30D. The first-order valence-electron chi connectivity index (χ1n) is 26.9. The summed E-state index contributed by atoms with van der Waals surface area (Å²) in [5.41, 5.74) is -7.63. The van der Waals surface area contributed by atoms with Crippen molar-refractivity contribution in [1.29, 1.82) is 0 Å². The Morgan fingerprint density at radius 1 is 0.529 bits per heavy atom. The van der Waals surface area contributed by atoms with Gasteiger partial charge >= 0.3 is 0 Å². The Morgan fingerprint density at radius 2 is 1.16 bits per heavy atom. The third-order valence-corrected chi connectivity index (χ3v) is 9.12. The van der Waals surface area contributed by atoms with Gasteiger partial charge in [0.15, 0.2) is 0 Å². The predicted molar refractivity (Wildman–Crippen MR) is 213 cm³/mol. The average Bonchev–Trinajstić information content (AvgIpc) is 3.64. The highest BCUT2D eigenvalue weighted by Crippen LogP contribution is 2.54. The van der Waals surface area contributed by atoms with E-state index in [1.807, 2.05) is 18.2 Å². The van der Waals surface area contributed by atoms with Crippen LogP contribution in [0.4, 0.5) is 17.1 Å². The van der Waals surface area contributed by atoms with Crippen molar-refractivity contribution in [3.8, 4) is 56.0 Å². The van der Waals surface area contributed by atoms with E-state index in [0.29, 0.717) is 39.1 Å². The minimum atomic E-state index is -3.74. The number of nitrogens with zero attached hydrogens (tertiary/aromatic N) is 1. The van der Waals surface area contributed by atoms with Crippen LogP contribution in [-0.4, -0.2) is 0 Å². The summed E-state index contributed by atoms with van der Waals surface area (Å²) < 4.78 is 206. The fraction of sp³-hybridized carbons (Fsp3) is 0.0612. The van der Waals surface area contributed by atoms with Crippen LogP contribution in [0.2, 0.25) is 0 Å². The van der Waals surface area contributed by atoms with Crippen molar-refractivity contribution in [3.05, 3.63) is 187 Å². The average molecular weight is 676 g/mol. The van der Waals surface area contributed by atoms with E-state index in [1.54, 1.807) is 54.6 Å². The smallest absolute Gasteiger partial charge is 0.143 e. The fourth-order valence-electron chi connectivity index (χ4n) is 6.82. The van der Waals surface area contributed by atoms with Crippen molar-refractivity contribution in [2.75, 3.05) is 4.90 Å². The van der Waals surface area contributed by atoms with Crippen LogP contribution in [0.5, 0.6) is 11.5 Å². The zero-order chi connectivity index (χ0) is 53.0. The molecule has 8 aromatic carbocycles. The van der Waals surface area contributed by atoms with Crippen molar-refractivity contribution in [1.82, 2.24) is 0 Å². The fourth-order valence-corrected chi connectivity index (χ4v) is 6.82. The molecule has 0 radical (unpaired) electrons. The van der Waals surface area contributed by atoms with Gasteiger partial charge < -0.3 is 9.64 Å². The number of hydrogen-bond acceptors (Lipinski definition) is 2. The molecule has 0 bridgehead atoms. The molecule has 0 aromatic heterocycles. The number of fused-ring (bicyclic) bond motifs is 10. The lowest BCUT2D eigenvalue weighted by atomic mass is 9.82. The number of rotatable bonds is 4. The molecule has 0 N–H and O–H groups in total. The van der Waals surface area contributed by atoms with Crippen LogP contribution in [0.1, 0.15) is 55.0 Å². The molecule has 0 saturated carbocycles. The Balaban J connectivity index is 1.43. The molecule has 1 heterocycles. The van der Waals surface area contributed by atoms with Crippen LogP contribution in [0.15, 0.2) is 176 Å². The van der Waals surface area contributed by atoms with Crippen LogP contribution in [-0.2, 0) is 5.41 Å². The summed E-state index contributed by atoms with van der Waals surface area (Å²) in [6.07, 6.45) is 0. The summed E-state index contributed by atoms with van der Waals surface area (Å²) in [5.74, 6) is 0.756. The number of para-hydroxylation sites is 1. The van der Waals surface area contributed by atoms with Crippen molar-refractivity contribution in [3.63, 3.8) is 0 Å². The van der Waals surface area contributed by atoms with E-state index >= 15 is 0 Å². The molecule has 0 fully saturated rings. The summed E-state index contributed by atoms with van der Waals surface area (Å²) >= 11 is 0. The zero-order valence-corrected chi connectivity index (χ0v) is 26.4. The maximum absolute atomic E-state index is 10.2. The van der Waals surface area contributed by atoms with E-state index in [9.17, 15) is 9.60 Å². The second-order valence-corrected chi connectivity index (χ2v) is 12.0. The van der Waals surface area contributed by atoms with Crippen molar-refractivity contribution in [2.24, 2.45) is 0 Å². The lowest BCUT2D eigenvalue weighted by Crippen LogP contribution is -2.15. The number of ether oxygens (including phenoxy) is 1. The molecule has 0 saturated heterocycles. The Morgan fingerprint density at radius 3 is 1.96 bits per heavy atom. The highest BCUT2D eigenvalue weighted by atomic mass is 16.5. The second-order valence-electron chi connectivity index (χ2n) is 12.0. The number of benzene rings is 8. The lowest BCUT2D eigenvalue weighted by Gasteiger charge is -2.29. The number of anilines is 3. The van der Waals surface area contributed by atoms with Gasteiger partial charge in [0.2, 0.25) is 0 Å². The third kappa shape index (κ3) is 4.57. The van der Waals surface area contributed by atoms with E-state index in [1.165, 1.54) is 6.07 Å². The molecule has 2 heteroatoms. The quantitative estimate of drug-likeness (QED) is 0.184. The van der Waals surface area contributed by atoms with E-state index < -0.39 is 161 Å². The second kappa shape index (κ2) is 11.3. The molecular formula is C49H35NO. The summed E-state index contributed by atoms with van der Waals surface area (Å²) in [4.78, 5) is 0.953. The minimum absolute atomic E-state index is 0.109. The van der Waals surface area contributed by atoms with Crippen LogP contribution in [0.25, 0.3) is 55.3 Å². The first kappa shape index (κ1) is 14.8. The molecular weight excluding hydrogens is 619 g/mol. The summed E-state index contributed by atoms with van der Waals surface area (Å²) in [5, 5.41) is 0.559. The molecule has 0 amide bonds. The third-order valence-electron chi connectivity index (χ3n) is 9.12. The zero-order valence-electron chi connectivity index (χ0n) is 48.4. The Hall–Kier alpha value is -6.38. The molecule has 0 spiro atoms. The van der Waals surface area contributed by atoms with E-state index in [0.717, 1.165) is 4.90 Å². The van der Waals surface area contributed by atoms with Gasteiger partial charge in [-0.25, -0.2) is 0 Å². The van der Waals surface area contributed by atoms with Crippen molar-refractivity contribution >= 4 is 27.8 Å². The molecule has 1 aliphatic carbocycles. The van der Waals surface area contributed by atoms with Gasteiger partial charge in [-0.3, -0.25) is 0 Å². The maximum atomic E-state index is 10.2. The molecule has 1 aliphatic heterocycles. The van der Waals surface area contributed by atoms with Crippen LogP contribution < -0.4 is 9.64 Å². The van der Waals surface area contributed by atoms with Gasteiger partial charge in [-0.2, -0.15) is 0 Å². The molecule has 0 atom stereocenters. The maximum Gasteiger partial charge on any atom is 0.143 e. The first-order chi connectivity index (χ1) is 34.2. The van der Waals surface area contributed by atoms with Crippen LogP contribution in [0.3, 0.4) is 0 Å². The molecule has 8 aromatic rings. The number of hydrogen-bond donors (Lipinski definition) is 0. The summed E-state index contributed by atoms with van der Waals surface area (Å²) in [6, 6.07) is 7.33. The monoisotopic (exact) mass is 675 g/mol. The van der Waals surface area contributed by atoms with Gasteiger partial charge in [-0.1, -0.05) is 153 Å². The molecule has 51 heavy (non-hydrogen) atoms. The van der Waals surface area contributed by atoms with Gasteiger partial charge in [0, 0.05) is 46.9 Å². The molecule has 242 valence electrons. The van der Waals surface area contributed by atoms with Crippen LogP contribution in [0, 0.1) is 0 Å². The highest BCUT2D eigenvalue weighted by molar-refractivity contribution is 6.09. The van der Waals surface area contributed by atoms with E-state index in [4.69, 9.17) is 25.3 Å². The molecule has 0 unspecified atom stereocenters. The topological polar surface area (TPSA) is 12.5 Å². The predicted octanol–water partition coefficient (Wildman–Crippen LogP) is 13.7. The lowest BCUT2D eigenvalue weighted by molar-refractivity contribution is 0.493. The Labute approximate surface area is 329 Å². The van der Waals surface area contributed by atoms with Gasteiger partial charge in [-0.15, -0.1) is 0 Å². The molecule has 10 rings (SSSR count).